The average Bonchev–Trinajstić information content (AvgIpc) is 2.77. The Kier molecular flexibility index (Phi) is 5.42. The first-order chi connectivity index (χ1) is 9.66. The van der Waals surface area contributed by atoms with Crippen LogP contribution in [0.25, 0.3) is 0 Å². The summed E-state index contributed by atoms with van der Waals surface area (Å²) in [6, 6.07) is 5.73. The number of H-pyrrole nitrogens is 1. The second-order valence-electron chi connectivity index (χ2n) is 3.93. The Morgan fingerprint density at radius 2 is 2.05 bits per heavy atom. The molecule has 1 N–H and O–H groups in total. The number of aromatic amines is 1. The van der Waals surface area contributed by atoms with Crippen molar-refractivity contribution in [3.05, 3.63) is 24.4 Å². The standard InChI is InChI=1S/C12H12N2O4S2/c15-10-4-5-11(16)14(10)18-12(17)6-8-19-20-9-3-1-2-7-13-9/h1-3,7H,4-6,8H2/p+1. The van der Waals surface area contributed by atoms with Crippen molar-refractivity contribution in [1.29, 1.82) is 0 Å². The van der Waals surface area contributed by atoms with Gasteiger partial charge in [0.2, 0.25) is 5.03 Å². The lowest BCUT2D eigenvalue weighted by molar-refractivity contribution is -0.426. The van der Waals surface area contributed by atoms with Crippen LogP contribution < -0.4 is 4.98 Å². The van der Waals surface area contributed by atoms with Crippen LogP contribution in [0.2, 0.25) is 0 Å². The number of rotatable bonds is 6. The predicted octanol–water partition coefficient (Wildman–Crippen LogP) is 1.24. The Hall–Kier alpha value is -1.54. The first-order valence-corrected chi connectivity index (χ1v) is 8.31. The molecule has 1 aliphatic rings. The van der Waals surface area contributed by atoms with E-state index in [1.807, 2.05) is 24.4 Å². The highest BCUT2D eigenvalue weighted by atomic mass is 33.1. The van der Waals surface area contributed by atoms with Gasteiger partial charge in [-0.05, 0) is 6.07 Å². The number of pyridine rings is 1. The summed E-state index contributed by atoms with van der Waals surface area (Å²) in [6.45, 7) is 0. The van der Waals surface area contributed by atoms with E-state index in [0.717, 1.165) is 5.03 Å². The molecule has 1 saturated heterocycles. The topological polar surface area (TPSA) is 77.8 Å². The molecule has 0 spiro atoms. The Morgan fingerprint density at radius 3 is 2.70 bits per heavy atom. The molecular weight excluding hydrogens is 300 g/mol. The highest BCUT2D eigenvalue weighted by molar-refractivity contribution is 8.76. The first-order valence-electron chi connectivity index (χ1n) is 5.99. The van der Waals surface area contributed by atoms with Gasteiger partial charge in [-0.1, -0.05) is 10.8 Å². The quantitative estimate of drug-likeness (QED) is 0.447. The maximum absolute atomic E-state index is 11.5. The lowest BCUT2D eigenvalue weighted by Gasteiger charge is -2.11. The van der Waals surface area contributed by atoms with Crippen molar-refractivity contribution >= 4 is 39.4 Å². The van der Waals surface area contributed by atoms with Crippen molar-refractivity contribution in [1.82, 2.24) is 5.06 Å². The zero-order valence-corrected chi connectivity index (χ0v) is 12.2. The van der Waals surface area contributed by atoms with Gasteiger partial charge in [0.15, 0.2) is 6.20 Å². The molecule has 0 aliphatic carbocycles. The fourth-order valence-electron chi connectivity index (χ4n) is 1.46. The van der Waals surface area contributed by atoms with Crippen molar-refractivity contribution in [2.75, 3.05) is 5.75 Å². The van der Waals surface area contributed by atoms with Gasteiger partial charge in [0.25, 0.3) is 11.8 Å². The third-order valence-corrected chi connectivity index (χ3v) is 4.73. The van der Waals surface area contributed by atoms with Gasteiger partial charge in [-0.15, -0.1) is 5.06 Å². The molecule has 1 aromatic heterocycles. The monoisotopic (exact) mass is 313 g/mol. The SMILES string of the molecule is O=C(CCSSc1cccc[nH+]1)ON1C(=O)CCC1=O. The second kappa shape index (κ2) is 7.30. The molecule has 0 atom stereocenters. The number of hydrogen-bond acceptors (Lipinski definition) is 6. The van der Waals surface area contributed by atoms with Crippen molar-refractivity contribution in [3.63, 3.8) is 0 Å². The van der Waals surface area contributed by atoms with Crippen molar-refractivity contribution in [3.8, 4) is 0 Å². The van der Waals surface area contributed by atoms with E-state index in [1.54, 1.807) is 0 Å². The van der Waals surface area contributed by atoms with Gasteiger partial charge < -0.3 is 4.84 Å². The molecule has 106 valence electrons. The fraction of sp³-hybridized carbons (Fsp3) is 0.333. The number of carbonyl (C=O) groups excluding carboxylic acids is 3. The molecule has 6 nitrogen and oxygen atoms in total. The summed E-state index contributed by atoms with van der Waals surface area (Å²) in [5.74, 6) is -0.949. The number of imide groups is 1. The molecule has 2 heterocycles. The zero-order chi connectivity index (χ0) is 14.4. The predicted molar refractivity (Wildman–Crippen MR) is 73.1 cm³/mol. The van der Waals surface area contributed by atoms with Crippen molar-refractivity contribution in [2.24, 2.45) is 0 Å². The Morgan fingerprint density at radius 1 is 1.30 bits per heavy atom. The molecule has 1 aliphatic heterocycles. The Labute approximate surface area is 123 Å². The van der Waals surface area contributed by atoms with Gasteiger partial charge in [0.05, 0.1) is 6.42 Å². The van der Waals surface area contributed by atoms with Crippen LogP contribution in [0.5, 0.6) is 0 Å². The number of amides is 2. The Balaban J connectivity index is 1.65. The smallest absolute Gasteiger partial charge is 0.330 e. The van der Waals surface area contributed by atoms with Gasteiger partial charge in [-0.3, -0.25) is 9.59 Å². The largest absolute Gasteiger partial charge is 0.334 e. The summed E-state index contributed by atoms with van der Waals surface area (Å²) in [6.07, 6.45) is 2.18. The summed E-state index contributed by atoms with van der Waals surface area (Å²) < 4.78 is 0. The minimum Gasteiger partial charge on any atom is -0.330 e. The van der Waals surface area contributed by atoms with E-state index >= 15 is 0 Å². The van der Waals surface area contributed by atoms with E-state index in [1.165, 1.54) is 21.6 Å². The summed E-state index contributed by atoms with van der Waals surface area (Å²) in [5, 5.41) is 1.56. The van der Waals surface area contributed by atoms with E-state index < -0.39 is 17.8 Å². The summed E-state index contributed by atoms with van der Waals surface area (Å²) in [5.41, 5.74) is 0. The molecule has 0 aromatic carbocycles. The van der Waals surface area contributed by atoms with Gasteiger partial charge in [-0.25, -0.2) is 9.78 Å². The van der Waals surface area contributed by atoms with E-state index in [9.17, 15) is 14.4 Å². The van der Waals surface area contributed by atoms with Gasteiger partial charge in [0.1, 0.15) is 0 Å². The number of carbonyl (C=O) groups is 3. The molecule has 0 bridgehead atoms. The summed E-state index contributed by atoms with van der Waals surface area (Å²) in [7, 11) is 3.00. The second-order valence-corrected chi connectivity index (χ2v) is 6.38. The highest BCUT2D eigenvalue weighted by Gasteiger charge is 2.32. The molecule has 0 radical (unpaired) electrons. The van der Waals surface area contributed by atoms with Crippen molar-refractivity contribution < 1.29 is 24.2 Å². The summed E-state index contributed by atoms with van der Waals surface area (Å²) in [4.78, 5) is 41.8. The number of nitrogens with zero attached hydrogens (tertiary/aromatic N) is 1. The normalized spacial score (nSPS) is 14.7. The zero-order valence-electron chi connectivity index (χ0n) is 10.5. The molecule has 20 heavy (non-hydrogen) atoms. The van der Waals surface area contributed by atoms with Crippen LogP contribution in [-0.2, 0) is 19.2 Å². The minimum absolute atomic E-state index is 0.112. The lowest BCUT2D eigenvalue weighted by atomic mass is 10.4. The summed E-state index contributed by atoms with van der Waals surface area (Å²) >= 11 is 0. The van der Waals surface area contributed by atoms with Gasteiger partial charge >= 0.3 is 5.97 Å². The van der Waals surface area contributed by atoms with Crippen LogP contribution in [0.15, 0.2) is 29.4 Å². The van der Waals surface area contributed by atoms with E-state index in [-0.39, 0.29) is 19.3 Å². The van der Waals surface area contributed by atoms with Gasteiger partial charge in [0, 0.05) is 41.5 Å². The van der Waals surface area contributed by atoms with Gasteiger partial charge in [-0.2, -0.15) is 0 Å². The Bertz CT molecular complexity index is 493. The van der Waals surface area contributed by atoms with E-state index in [2.05, 4.69) is 4.98 Å². The number of hydrogen-bond donors (Lipinski definition) is 0. The number of aromatic nitrogens is 1. The molecule has 0 unspecified atom stereocenters. The number of hydroxylamine groups is 2. The van der Waals surface area contributed by atoms with Crippen LogP contribution >= 0.6 is 21.6 Å². The van der Waals surface area contributed by atoms with Crippen LogP contribution in [-0.4, -0.2) is 28.6 Å². The van der Waals surface area contributed by atoms with E-state index in [4.69, 9.17) is 4.84 Å². The third kappa shape index (κ3) is 4.24. The molecule has 2 rings (SSSR count). The van der Waals surface area contributed by atoms with Crippen LogP contribution in [0.4, 0.5) is 0 Å². The lowest BCUT2D eigenvalue weighted by Crippen LogP contribution is -2.32. The van der Waals surface area contributed by atoms with Crippen LogP contribution in [0, 0.1) is 0 Å². The molecule has 2 amide bonds. The van der Waals surface area contributed by atoms with Crippen LogP contribution in [0.1, 0.15) is 19.3 Å². The maximum atomic E-state index is 11.5. The highest BCUT2D eigenvalue weighted by Crippen LogP contribution is 2.28. The fourth-order valence-corrected chi connectivity index (χ4v) is 3.37. The molecule has 0 saturated carbocycles. The molecule has 1 fully saturated rings. The van der Waals surface area contributed by atoms with E-state index in [0.29, 0.717) is 10.8 Å². The molecule has 8 heteroatoms. The maximum Gasteiger partial charge on any atom is 0.334 e. The number of nitrogens with one attached hydrogen (secondary N) is 1. The third-order valence-electron chi connectivity index (χ3n) is 2.42. The molecular formula is C12H13N2O4S2+. The van der Waals surface area contributed by atoms with Crippen molar-refractivity contribution in [2.45, 2.75) is 24.3 Å². The van der Waals surface area contributed by atoms with Crippen LogP contribution in [0.3, 0.4) is 0 Å². The first kappa shape index (κ1) is 14.9. The molecule has 1 aromatic rings. The minimum atomic E-state index is -0.571. The average molecular weight is 313 g/mol.